The van der Waals surface area contributed by atoms with Gasteiger partial charge in [0.25, 0.3) is 10.1 Å². The molecule has 84 valence electrons. The van der Waals surface area contributed by atoms with Crippen LogP contribution in [0, 0.1) is 6.92 Å². The van der Waals surface area contributed by atoms with Crippen LogP contribution in [0.4, 0.5) is 5.69 Å². The van der Waals surface area contributed by atoms with Crippen LogP contribution in [0.2, 0.25) is 0 Å². The molecule has 0 atom stereocenters. The molecule has 0 aliphatic rings. The predicted molar refractivity (Wildman–Crippen MR) is 60.5 cm³/mol. The zero-order chi connectivity index (χ0) is 11.3. The van der Waals surface area contributed by atoms with Gasteiger partial charge < -0.3 is 5.32 Å². The van der Waals surface area contributed by atoms with E-state index in [1.165, 1.54) is 5.56 Å². The van der Waals surface area contributed by atoms with Gasteiger partial charge in [-0.2, -0.15) is 8.42 Å². The molecule has 1 N–H and O–H groups in total. The summed E-state index contributed by atoms with van der Waals surface area (Å²) < 4.78 is 25.9. The molecule has 0 saturated carbocycles. The zero-order valence-corrected chi connectivity index (χ0v) is 9.67. The number of rotatable bonds is 5. The lowest BCUT2D eigenvalue weighted by atomic mass is 10.2. The van der Waals surface area contributed by atoms with Gasteiger partial charge in [0.1, 0.15) is 0 Å². The van der Waals surface area contributed by atoms with Crippen molar-refractivity contribution in [2.45, 2.75) is 6.92 Å². The summed E-state index contributed by atoms with van der Waals surface area (Å²) in [6.07, 6.45) is 1.04. The summed E-state index contributed by atoms with van der Waals surface area (Å²) in [5.74, 6) is 0. The number of aryl methyl sites for hydroxylation is 1. The Kier molecular flexibility index (Phi) is 4.11. The van der Waals surface area contributed by atoms with Crippen LogP contribution in [0.5, 0.6) is 0 Å². The summed E-state index contributed by atoms with van der Waals surface area (Å²) in [7, 11) is -3.33. The third kappa shape index (κ3) is 5.39. The van der Waals surface area contributed by atoms with E-state index >= 15 is 0 Å². The Labute approximate surface area is 90.4 Å². The normalized spacial score (nSPS) is 11.3. The highest BCUT2D eigenvalue weighted by atomic mass is 32.2. The third-order valence-corrected chi connectivity index (χ3v) is 2.37. The summed E-state index contributed by atoms with van der Waals surface area (Å²) in [6.45, 7) is 2.62. The van der Waals surface area contributed by atoms with E-state index in [0.29, 0.717) is 6.54 Å². The molecule has 0 aliphatic heterocycles. The van der Waals surface area contributed by atoms with Crippen LogP contribution in [-0.2, 0) is 14.3 Å². The highest BCUT2D eigenvalue weighted by molar-refractivity contribution is 7.85. The smallest absolute Gasteiger partial charge is 0.264 e. The van der Waals surface area contributed by atoms with E-state index in [1.807, 2.05) is 31.2 Å². The van der Waals surface area contributed by atoms with Crippen molar-refractivity contribution in [3.8, 4) is 0 Å². The number of hydrogen-bond acceptors (Lipinski definition) is 4. The first kappa shape index (κ1) is 12.0. The number of hydrogen-bond donors (Lipinski definition) is 1. The quantitative estimate of drug-likeness (QED) is 0.612. The topological polar surface area (TPSA) is 55.4 Å². The van der Waals surface area contributed by atoms with Crippen LogP contribution < -0.4 is 5.32 Å². The van der Waals surface area contributed by atoms with Gasteiger partial charge in [0.15, 0.2) is 0 Å². The molecular formula is C10H15NO3S. The SMILES string of the molecule is Cc1ccc(NCCOS(C)(=O)=O)cc1. The molecule has 0 radical (unpaired) electrons. The maximum atomic E-state index is 10.6. The van der Waals surface area contributed by atoms with E-state index in [2.05, 4.69) is 9.50 Å². The van der Waals surface area contributed by atoms with E-state index in [-0.39, 0.29) is 6.61 Å². The van der Waals surface area contributed by atoms with Gasteiger partial charge in [-0.05, 0) is 19.1 Å². The van der Waals surface area contributed by atoms with Gasteiger partial charge in [-0.3, -0.25) is 4.18 Å². The van der Waals surface area contributed by atoms with Crippen molar-refractivity contribution in [3.05, 3.63) is 29.8 Å². The van der Waals surface area contributed by atoms with E-state index in [9.17, 15) is 8.42 Å². The van der Waals surface area contributed by atoms with Crippen LogP contribution in [0.3, 0.4) is 0 Å². The molecule has 5 heteroatoms. The Morgan fingerprint density at radius 2 is 1.87 bits per heavy atom. The minimum absolute atomic E-state index is 0.146. The van der Waals surface area contributed by atoms with Gasteiger partial charge in [0.2, 0.25) is 0 Å². The molecular weight excluding hydrogens is 214 g/mol. The molecule has 0 aromatic heterocycles. The van der Waals surface area contributed by atoms with Gasteiger partial charge >= 0.3 is 0 Å². The zero-order valence-electron chi connectivity index (χ0n) is 8.86. The van der Waals surface area contributed by atoms with Crippen LogP contribution in [0.25, 0.3) is 0 Å². The summed E-state index contributed by atoms with van der Waals surface area (Å²) in [6, 6.07) is 7.85. The average molecular weight is 229 g/mol. The maximum Gasteiger partial charge on any atom is 0.264 e. The number of anilines is 1. The fourth-order valence-corrected chi connectivity index (χ4v) is 1.45. The molecule has 1 aromatic rings. The highest BCUT2D eigenvalue weighted by Gasteiger charge is 1.99. The lowest BCUT2D eigenvalue weighted by Gasteiger charge is -2.06. The molecule has 0 spiro atoms. The largest absolute Gasteiger partial charge is 0.383 e. The summed E-state index contributed by atoms with van der Waals surface area (Å²) in [5, 5.41) is 3.06. The molecule has 0 bridgehead atoms. The molecule has 0 heterocycles. The summed E-state index contributed by atoms with van der Waals surface area (Å²) in [4.78, 5) is 0. The second kappa shape index (κ2) is 5.14. The van der Waals surface area contributed by atoms with E-state index in [1.54, 1.807) is 0 Å². The molecule has 0 fully saturated rings. The van der Waals surface area contributed by atoms with Gasteiger partial charge in [-0.15, -0.1) is 0 Å². The van der Waals surface area contributed by atoms with Gasteiger partial charge in [-0.25, -0.2) is 0 Å². The predicted octanol–water partition coefficient (Wildman–Crippen LogP) is 1.38. The van der Waals surface area contributed by atoms with Crippen molar-refractivity contribution >= 4 is 15.8 Å². The van der Waals surface area contributed by atoms with Crippen LogP contribution >= 0.6 is 0 Å². The minimum Gasteiger partial charge on any atom is -0.383 e. The average Bonchev–Trinajstić information content (AvgIpc) is 2.14. The monoisotopic (exact) mass is 229 g/mol. The summed E-state index contributed by atoms with van der Waals surface area (Å²) in [5.41, 5.74) is 2.14. The highest BCUT2D eigenvalue weighted by Crippen LogP contribution is 2.07. The van der Waals surface area contributed by atoms with Crippen molar-refractivity contribution in [1.29, 1.82) is 0 Å². The molecule has 0 saturated heterocycles. The maximum absolute atomic E-state index is 10.6. The van der Waals surface area contributed by atoms with Gasteiger partial charge in [-0.1, -0.05) is 17.7 Å². The van der Waals surface area contributed by atoms with Crippen molar-refractivity contribution in [2.24, 2.45) is 0 Å². The minimum atomic E-state index is -3.33. The molecule has 4 nitrogen and oxygen atoms in total. The van der Waals surface area contributed by atoms with Crippen molar-refractivity contribution in [3.63, 3.8) is 0 Å². The Hall–Kier alpha value is -1.07. The Morgan fingerprint density at radius 3 is 2.40 bits per heavy atom. The fourth-order valence-electron chi connectivity index (χ4n) is 1.06. The number of nitrogens with one attached hydrogen (secondary N) is 1. The molecule has 0 unspecified atom stereocenters. The third-order valence-electron chi connectivity index (χ3n) is 1.78. The van der Waals surface area contributed by atoms with Gasteiger partial charge in [0, 0.05) is 12.2 Å². The molecule has 1 aromatic carbocycles. The van der Waals surface area contributed by atoms with Crippen molar-refractivity contribution in [1.82, 2.24) is 0 Å². The molecule has 15 heavy (non-hydrogen) atoms. The first-order chi connectivity index (χ1) is 6.97. The fraction of sp³-hybridized carbons (Fsp3) is 0.400. The Balaban J connectivity index is 2.29. The van der Waals surface area contributed by atoms with Crippen LogP contribution in [0.15, 0.2) is 24.3 Å². The molecule has 0 amide bonds. The first-order valence-electron chi connectivity index (χ1n) is 4.62. The van der Waals surface area contributed by atoms with Crippen molar-refractivity contribution in [2.75, 3.05) is 24.7 Å². The van der Waals surface area contributed by atoms with E-state index in [0.717, 1.165) is 11.9 Å². The molecule has 0 aliphatic carbocycles. The lowest BCUT2D eigenvalue weighted by Crippen LogP contribution is -2.12. The van der Waals surface area contributed by atoms with Crippen LogP contribution in [-0.4, -0.2) is 27.8 Å². The second-order valence-corrected chi connectivity index (χ2v) is 4.96. The summed E-state index contributed by atoms with van der Waals surface area (Å²) >= 11 is 0. The standard InChI is InChI=1S/C10H15NO3S/c1-9-3-5-10(6-4-9)11-7-8-14-15(2,12)13/h3-6,11H,7-8H2,1-2H3. The second-order valence-electron chi connectivity index (χ2n) is 3.32. The van der Waals surface area contributed by atoms with Gasteiger partial charge in [0.05, 0.1) is 12.9 Å². The Bertz CT molecular complexity index is 397. The number of benzene rings is 1. The van der Waals surface area contributed by atoms with E-state index < -0.39 is 10.1 Å². The Morgan fingerprint density at radius 1 is 1.27 bits per heavy atom. The van der Waals surface area contributed by atoms with E-state index in [4.69, 9.17) is 0 Å². The van der Waals surface area contributed by atoms with Crippen LogP contribution in [0.1, 0.15) is 5.56 Å². The lowest BCUT2D eigenvalue weighted by molar-refractivity contribution is 0.335. The molecule has 1 rings (SSSR count). The van der Waals surface area contributed by atoms with Crippen molar-refractivity contribution < 1.29 is 12.6 Å². The first-order valence-corrected chi connectivity index (χ1v) is 6.44.